The summed E-state index contributed by atoms with van der Waals surface area (Å²) in [6.45, 7) is 0.993. The van der Waals surface area contributed by atoms with Gasteiger partial charge in [-0.15, -0.1) is 0 Å². The molecule has 0 aromatic heterocycles. The molecule has 0 radical (unpaired) electrons. The smallest absolute Gasteiger partial charge is 0.326 e. The molecule has 1 aliphatic heterocycles. The molecule has 1 aliphatic rings. The number of carbonyl (C=O) groups is 4. The lowest BCUT2D eigenvalue weighted by Gasteiger charge is -2.30. The number of rotatable bonds is 15. The van der Waals surface area contributed by atoms with Crippen molar-refractivity contribution in [2.45, 2.75) is 69.1 Å². The van der Waals surface area contributed by atoms with Gasteiger partial charge in [0.15, 0.2) is 5.96 Å². The van der Waals surface area contributed by atoms with E-state index >= 15 is 0 Å². The van der Waals surface area contributed by atoms with E-state index in [1.165, 1.54) is 4.90 Å². The second-order valence-electron chi connectivity index (χ2n) is 8.17. The maximum absolute atomic E-state index is 13.3. The zero-order valence-electron chi connectivity index (χ0n) is 19.3. The maximum Gasteiger partial charge on any atom is 0.326 e. The highest BCUT2D eigenvalue weighted by molar-refractivity contribution is 7.80. The predicted molar refractivity (Wildman–Crippen MR) is 131 cm³/mol. The van der Waals surface area contributed by atoms with Crippen LogP contribution in [0.3, 0.4) is 0 Å². The zero-order valence-corrected chi connectivity index (χ0v) is 20.2. The Balaban J connectivity index is 2.92. The third-order valence-corrected chi connectivity index (χ3v) is 5.89. The number of hydrogen-bond acceptors (Lipinski definition) is 8. The van der Waals surface area contributed by atoms with Gasteiger partial charge in [-0.3, -0.25) is 19.4 Å². The first kappa shape index (κ1) is 29.5. The van der Waals surface area contributed by atoms with Crippen LogP contribution in [0, 0.1) is 0 Å². The van der Waals surface area contributed by atoms with Gasteiger partial charge in [-0.05, 0) is 51.5 Å². The van der Waals surface area contributed by atoms with Crippen molar-refractivity contribution in [1.29, 1.82) is 0 Å². The van der Waals surface area contributed by atoms with Gasteiger partial charge < -0.3 is 43.6 Å². The molecule has 1 fully saturated rings. The fourth-order valence-corrected chi connectivity index (χ4v) is 3.81. The number of carboxylic acid groups (broad SMARTS) is 1. The van der Waals surface area contributed by atoms with Crippen LogP contribution in [0.4, 0.5) is 0 Å². The van der Waals surface area contributed by atoms with Crippen molar-refractivity contribution in [1.82, 2.24) is 15.5 Å². The van der Waals surface area contributed by atoms with Crippen molar-refractivity contribution in [3.05, 3.63) is 0 Å². The molecular formula is C20H38N8O5S. The predicted octanol–water partition coefficient (Wildman–Crippen LogP) is -2.53. The van der Waals surface area contributed by atoms with Crippen LogP contribution < -0.4 is 33.6 Å². The minimum Gasteiger partial charge on any atom is -0.480 e. The van der Waals surface area contributed by atoms with Crippen molar-refractivity contribution in [3.8, 4) is 0 Å². The molecule has 4 atom stereocenters. The SMILES string of the molecule is NCCCCC(NC(=O)C1CCCN1C(=O)C(CCCN=C(N)N)NC(=O)C(N)CS)C(=O)O. The Hall–Kier alpha value is -2.58. The molecule has 0 aromatic carbocycles. The summed E-state index contributed by atoms with van der Waals surface area (Å²) in [4.78, 5) is 55.3. The zero-order chi connectivity index (χ0) is 25.7. The number of amides is 3. The molecule has 194 valence electrons. The van der Waals surface area contributed by atoms with Gasteiger partial charge in [0.1, 0.15) is 18.1 Å². The van der Waals surface area contributed by atoms with Crippen LogP contribution >= 0.6 is 12.6 Å². The van der Waals surface area contributed by atoms with E-state index in [1.54, 1.807) is 0 Å². The number of nitrogens with zero attached hydrogens (tertiary/aromatic N) is 2. The number of hydrogen-bond donors (Lipinski definition) is 8. The Morgan fingerprint density at radius 2 is 1.76 bits per heavy atom. The van der Waals surface area contributed by atoms with Crippen molar-refractivity contribution in [3.63, 3.8) is 0 Å². The van der Waals surface area contributed by atoms with Crippen LogP contribution in [0.1, 0.15) is 44.9 Å². The summed E-state index contributed by atoms with van der Waals surface area (Å²) in [6, 6.07) is -3.75. The third-order valence-electron chi connectivity index (χ3n) is 5.49. The van der Waals surface area contributed by atoms with Gasteiger partial charge in [0.2, 0.25) is 17.7 Å². The molecule has 0 aromatic rings. The summed E-state index contributed by atoms with van der Waals surface area (Å²) >= 11 is 4.01. The van der Waals surface area contributed by atoms with Crippen LogP contribution in [0.25, 0.3) is 0 Å². The van der Waals surface area contributed by atoms with Gasteiger partial charge in [0.25, 0.3) is 0 Å². The molecule has 11 N–H and O–H groups in total. The molecule has 0 spiro atoms. The first-order valence-electron chi connectivity index (χ1n) is 11.4. The molecule has 34 heavy (non-hydrogen) atoms. The molecular weight excluding hydrogens is 464 g/mol. The van der Waals surface area contributed by atoms with E-state index in [0.717, 1.165) is 0 Å². The van der Waals surface area contributed by atoms with Crippen LogP contribution in [0.15, 0.2) is 4.99 Å². The third kappa shape index (κ3) is 9.73. The number of aliphatic carboxylic acids is 1. The molecule has 0 aliphatic carbocycles. The van der Waals surface area contributed by atoms with Gasteiger partial charge in [0, 0.05) is 18.8 Å². The standard InChI is InChI=1S/C20H38N8O5S/c21-8-2-1-5-14(19(32)33)27-17(30)15-7-4-10-28(15)18(31)13(6-3-9-25-20(23)24)26-16(29)12(22)11-34/h12-15,34H,1-11,21-22H2,(H,26,29)(H,27,30)(H,32,33)(H4,23,24,25). The molecule has 13 nitrogen and oxygen atoms in total. The highest BCUT2D eigenvalue weighted by Crippen LogP contribution is 2.20. The summed E-state index contributed by atoms with van der Waals surface area (Å²) in [6.07, 6.45) is 3.01. The molecule has 4 unspecified atom stereocenters. The fraction of sp³-hybridized carbons (Fsp3) is 0.750. The number of nitrogens with one attached hydrogen (secondary N) is 2. The number of guanidine groups is 1. The fourth-order valence-electron chi connectivity index (χ4n) is 3.64. The highest BCUT2D eigenvalue weighted by atomic mass is 32.1. The summed E-state index contributed by atoms with van der Waals surface area (Å²) in [5.41, 5.74) is 21.8. The first-order valence-corrected chi connectivity index (χ1v) is 12.0. The van der Waals surface area contributed by atoms with E-state index in [0.29, 0.717) is 45.2 Å². The summed E-state index contributed by atoms with van der Waals surface area (Å²) in [5.74, 6) is -2.66. The second-order valence-corrected chi connectivity index (χ2v) is 8.54. The minimum absolute atomic E-state index is 0.0836. The van der Waals surface area contributed by atoms with Crippen molar-refractivity contribution < 1.29 is 24.3 Å². The van der Waals surface area contributed by atoms with Gasteiger partial charge in [0.05, 0.1) is 6.04 Å². The molecule has 1 saturated heterocycles. The van der Waals surface area contributed by atoms with Crippen LogP contribution in [-0.4, -0.2) is 89.2 Å². The van der Waals surface area contributed by atoms with Crippen LogP contribution in [0.2, 0.25) is 0 Å². The highest BCUT2D eigenvalue weighted by Gasteiger charge is 2.38. The Kier molecular flexibility index (Phi) is 13.3. The minimum atomic E-state index is -1.15. The Labute approximate surface area is 204 Å². The average Bonchev–Trinajstić information content (AvgIpc) is 3.29. The van der Waals surface area contributed by atoms with Gasteiger partial charge in [-0.25, -0.2) is 4.79 Å². The maximum atomic E-state index is 13.3. The van der Waals surface area contributed by atoms with E-state index in [9.17, 15) is 24.3 Å². The van der Waals surface area contributed by atoms with E-state index < -0.39 is 47.9 Å². The van der Waals surface area contributed by atoms with Crippen molar-refractivity contribution in [2.24, 2.45) is 27.9 Å². The number of unbranched alkanes of at least 4 members (excludes halogenated alkanes) is 1. The quantitative estimate of drug-likeness (QED) is 0.0509. The van der Waals surface area contributed by atoms with Gasteiger partial charge in [-0.2, -0.15) is 12.6 Å². The topological polar surface area (TPSA) is 232 Å². The molecule has 0 bridgehead atoms. The van der Waals surface area contributed by atoms with Gasteiger partial charge in [-0.1, -0.05) is 0 Å². The molecule has 14 heteroatoms. The Morgan fingerprint density at radius 3 is 2.35 bits per heavy atom. The average molecular weight is 503 g/mol. The summed E-state index contributed by atoms with van der Waals surface area (Å²) in [7, 11) is 0. The van der Waals surface area contributed by atoms with Crippen LogP contribution in [0.5, 0.6) is 0 Å². The van der Waals surface area contributed by atoms with E-state index in [4.69, 9.17) is 22.9 Å². The number of carboxylic acids is 1. The Bertz CT molecular complexity index is 734. The number of aliphatic imine (C=N–C) groups is 1. The molecule has 3 amide bonds. The van der Waals surface area contributed by atoms with E-state index in [-0.39, 0.29) is 31.1 Å². The normalized spacial score (nSPS) is 18.0. The van der Waals surface area contributed by atoms with Gasteiger partial charge >= 0.3 is 5.97 Å². The number of nitrogens with two attached hydrogens (primary N) is 4. The van der Waals surface area contributed by atoms with Crippen molar-refractivity contribution in [2.75, 3.05) is 25.4 Å². The summed E-state index contributed by atoms with van der Waals surface area (Å²) in [5, 5.41) is 14.6. The molecule has 1 heterocycles. The number of likely N-dealkylation sites (tertiary alicyclic amines) is 1. The van der Waals surface area contributed by atoms with E-state index in [1.807, 2.05) is 0 Å². The second kappa shape index (κ2) is 15.3. The molecule has 0 saturated carbocycles. The lowest BCUT2D eigenvalue weighted by molar-refractivity contribution is -0.145. The lowest BCUT2D eigenvalue weighted by Crippen LogP contribution is -2.57. The lowest BCUT2D eigenvalue weighted by atomic mass is 10.1. The van der Waals surface area contributed by atoms with Crippen LogP contribution in [-0.2, 0) is 19.2 Å². The van der Waals surface area contributed by atoms with E-state index in [2.05, 4.69) is 28.3 Å². The summed E-state index contributed by atoms with van der Waals surface area (Å²) < 4.78 is 0. The Morgan fingerprint density at radius 1 is 1.09 bits per heavy atom. The number of thiol groups is 1. The largest absolute Gasteiger partial charge is 0.480 e. The van der Waals surface area contributed by atoms with Crippen molar-refractivity contribution >= 4 is 42.3 Å². The monoisotopic (exact) mass is 502 g/mol. The first-order chi connectivity index (χ1) is 16.1. The molecule has 1 rings (SSSR count). The number of carbonyl (C=O) groups excluding carboxylic acids is 3.